The van der Waals surface area contributed by atoms with Gasteiger partial charge >= 0.3 is 0 Å². The molecule has 2 rings (SSSR count). The molecule has 0 spiro atoms. The van der Waals surface area contributed by atoms with Crippen LogP contribution in [0.5, 0.6) is 0 Å². The summed E-state index contributed by atoms with van der Waals surface area (Å²) in [5.41, 5.74) is 0.450. The molecule has 2 atom stereocenters. The molecule has 2 nitrogen and oxygen atoms in total. The molecule has 1 saturated carbocycles. The molecule has 2 fully saturated rings. The van der Waals surface area contributed by atoms with Gasteiger partial charge in [0.05, 0.1) is 0 Å². The van der Waals surface area contributed by atoms with Crippen LogP contribution in [0.4, 0.5) is 0 Å². The van der Waals surface area contributed by atoms with E-state index in [9.17, 15) is 0 Å². The lowest BCUT2D eigenvalue weighted by Gasteiger charge is -2.54. The molecule has 2 unspecified atom stereocenters. The van der Waals surface area contributed by atoms with Gasteiger partial charge in [0, 0.05) is 13.2 Å². The van der Waals surface area contributed by atoms with Crippen LogP contribution in [0.3, 0.4) is 0 Å². The Kier molecular flexibility index (Phi) is 4.14. The van der Waals surface area contributed by atoms with Gasteiger partial charge in [0.2, 0.25) is 0 Å². The number of hydrogen-bond acceptors (Lipinski definition) is 2. The van der Waals surface area contributed by atoms with Crippen LogP contribution in [0.15, 0.2) is 0 Å². The van der Waals surface area contributed by atoms with E-state index in [1.807, 2.05) is 0 Å². The fourth-order valence-corrected chi connectivity index (χ4v) is 3.64. The van der Waals surface area contributed by atoms with Gasteiger partial charge in [-0.25, -0.2) is 0 Å². The van der Waals surface area contributed by atoms with Gasteiger partial charge in [0.25, 0.3) is 0 Å². The van der Waals surface area contributed by atoms with Crippen molar-refractivity contribution in [2.45, 2.75) is 46.5 Å². The second-order valence-electron chi connectivity index (χ2n) is 6.95. The summed E-state index contributed by atoms with van der Waals surface area (Å²) in [6, 6.07) is 0. The predicted octanol–water partition coefficient (Wildman–Crippen LogP) is 2.76. The van der Waals surface area contributed by atoms with Gasteiger partial charge in [-0.3, -0.25) is 0 Å². The van der Waals surface area contributed by atoms with Crippen molar-refractivity contribution in [1.29, 1.82) is 0 Å². The van der Waals surface area contributed by atoms with E-state index in [-0.39, 0.29) is 0 Å². The molecule has 17 heavy (non-hydrogen) atoms. The molecule has 0 radical (unpaired) electrons. The molecule has 1 aliphatic heterocycles. The third kappa shape index (κ3) is 2.85. The standard InChI is InChI=1S/C15H29NO/c1-12-4-7-16(8-5-12)11-14-10-13(6-9-17)15(14,2)3/h12-14,17H,4-11H2,1-3H3. The number of hydrogen-bond donors (Lipinski definition) is 1. The van der Waals surface area contributed by atoms with Crippen LogP contribution in [0.25, 0.3) is 0 Å². The van der Waals surface area contributed by atoms with Crippen LogP contribution in [-0.4, -0.2) is 36.2 Å². The lowest BCUT2D eigenvalue weighted by atomic mass is 9.53. The number of nitrogens with zero attached hydrogens (tertiary/aromatic N) is 1. The maximum Gasteiger partial charge on any atom is 0.0433 e. The molecule has 0 aromatic heterocycles. The minimum absolute atomic E-state index is 0.363. The number of aliphatic hydroxyl groups is 1. The summed E-state index contributed by atoms with van der Waals surface area (Å²) in [5, 5.41) is 9.06. The molecule has 1 N–H and O–H groups in total. The first kappa shape index (κ1) is 13.4. The summed E-state index contributed by atoms with van der Waals surface area (Å²) in [5.74, 6) is 2.54. The average molecular weight is 239 g/mol. The Morgan fingerprint density at radius 1 is 1.18 bits per heavy atom. The van der Waals surface area contributed by atoms with Crippen molar-refractivity contribution in [3.8, 4) is 0 Å². The van der Waals surface area contributed by atoms with Crippen molar-refractivity contribution in [2.75, 3.05) is 26.2 Å². The molecule has 2 heteroatoms. The van der Waals surface area contributed by atoms with Gasteiger partial charge in [-0.1, -0.05) is 20.8 Å². The summed E-state index contributed by atoms with van der Waals surface area (Å²) in [4.78, 5) is 2.67. The highest BCUT2D eigenvalue weighted by Crippen LogP contribution is 2.53. The van der Waals surface area contributed by atoms with Crippen LogP contribution in [0.2, 0.25) is 0 Å². The van der Waals surface area contributed by atoms with E-state index in [2.05, 4.69) is 25.7 Å². The second kappa shape index (κ2) is 5.27. The lowest BCUT2D eigenvalue weighted by Crippen LogP contribution is -2.51. The highest BCUT2D eigenvalue weighted by molar-refractivity contribution is 4.97. The van der Waals surface area contributed by atoms with Crippen molar-refractivity contribution in [3.63, 3.8) is 0 Å². The molecule has 0 aromatic carbocycles. The largest absolute Gasteiger partial charge is 0.396 e. The lowest BCUT2D eigenvalue weighted by molar-refractivity contribution is -0.0541. The Balaban J connectivity index is 1.77. The van der Waals surface area contributed by atoms with E-state index in [0.29, 0.717) is 12.0 Å². The second-order valence-corrected chi connectivity index (χ2v) is 6.95. The molecule has 1 saturated heterocycles. The molecule has 1 heterocycles. The maximum atomic E-state index is 9.06. The maximum absolute atomic E-state index is 9.06. The predicted molar refractivity (Wildman–Crippen MR) is 71.9 cm³/mol. The third-order valence-electron chi connectivity index (χ3n) is 5.51. The van der Waals surface area contributed by atoms with Gasteiger partial charge in [-0.2, -0.15) is 0 Å². The normalized spacial score (nSPS) is 34.6. The minimum atomic E-state index is 0.363. The van der Waals surface area contributed by atoms with Crippen LogP contribution >= 0.6 is 0 Å². The number of piperidine rings is 1. The molecular weight excluding hydrogens is 210 g/mol. The van der Waals surface area contributed by atoms with E-state index in [4.69, 9.17) is 5.11 Å². The molecule has 2 aliphatic rings. The number of aliphatic hydroxyl groups excluding tert-OH is 1. The van der Waals surface area contributed by atoms with Gasteiger partial charge in [-0.15, -0.1) is 0 Å². The zero-order valence-corrected chi connectivity index (χ0v) is 11.8. The Bertz CT molecular complexity index is 243. The van der Waals surface area contributed by atoms with Crippen molar-refractivity contribution in [3.05, 3.63) is 0 Å². The Labute approximate surface area is 106 Å². The molecule has 0 amide bonds. The van der Waals surface area contributed by atoms with Crippen LogP contribution in [0, 0.1) is 23.2 Å². The topological polar surface area (TPSA) is 23.5 Å². The molecule has 100 valence electrons. The van der Waals surface area contributed by atoms with Crippen molar-refractivity contribution in [1.82, 2.24) is 4.90 Å². The first-order valence-corrected chi connectivity index (χ1v) is 7.37. The monoisotopic (exact) mass is 239 g/mol. The van der Waals surface area contributed by atoms with Gasteiger partial charge in [0.1, 0.15) is 0 Å². The zero-order valence-electron chi connectivity index (χ0n) is 11.8. The molecule has 0 aromatic rings. The van der Waals surface area contributed by atoms with E-state index < -0.39 is 0 Å². The van der Waals surface area contributed by atoms with Crippen molar-refractivity contribution < 1.29 is 5.11 Å². The van der Waals surface area contributed by atoms with E-state index >= 15 is 0 Å². The SMILES string of the molecule is CC1CCN(CC2CC(CCO)C2(C)C)CC1. The van der Waals surface area contributed by atoms with Crippen LogP contribution < -0.4 is 0 Å². The Morgan fingerprint density at radius 2 is 1.82 bits per heavy atom. The van der Waals surface area contributed by atoms with E-state index in [1.165, 1.54) is 38.9 Å². The summed E-state index contributed by atoms with van der Waals surface area (Å²) in [6.07, 6.45) is 5.10. The van der Waals surface area contributed by atoms with Gasteiger partial charge in [0.15, 0.2) is 0 Å². The minimum Gasteiger partial charge on any atom is -0.396 e. The fourth-order valence-electron chi connectivity index (χ4n) is 3.64. The Hall–Kier alpha value is -0.0800. The van der Waals surface area contributed by atoms with Crippen molar-refractivity contribution in [2.24, 2.45) is 23.2 Å². The first-order valence-electron chi connectivity index (χ1n) is 7.37. The average Bonchev–Trinajstić information content (AvgIpc) is 2.30. The molecule has 1 aliphatic carbocycles. The quantitative estimate of drug-likeness (QED) is 0.815. The van der Waals surface area contributed by atoms with Crippen LogP contribution in [-0.2, 0) is 0 Å². The fraction of sp³-hybridized carbons (Fsp3) is 1.00. The summed E-state index contributed by atoms with van der Waals surface area (Å²) in [6.45, 7) is 11.4. The summed E-state index contributed by atoms with van der Waals surface area (Å²) >= 11 is 0. The zero-order chi connectivity index (χ0) is 12.5. The smallest absolute Gasteiger partial charge is 0.0433 e. The third-order valence-corrected chi connectivity index (χ3v) is 5.51. The van der Waals surface area contributed by atoms with Gasteiger partial charge < -0.3 is 10.0 Å². The van der Waals surface area contributed by atoms with Gasteiger partial charge in [-0.05, 0) is 61.9 Å². The highest BCUT2D eigenvalue weighted by Gasteiger charge is 2.47. The van der Waals surface area contributed by atoms with E-state index in [0.717, 1.165) is 24.2 Å². The molecular formula is C15H29NO. The first-order chi connectivity index (χ1) is 8.04. The highest BCUT2D eigenvalue weighted by atomic mass is 16.3. The molecule has 0 bridgehead atoms. The van der Waals surface area contributed by atoms with Crippen LogP contribution in [0.1, 0.15) is 46.5 Å². The Morgan fingerprint density at radius 3 is 2.35 bits per heavy atom. The summed E-state index contributed by atoms with van der Waals surface area (Å²) in [7, 11) is 0. The van der Waals surface area contributed by atoms with E-state index in [1.54, 1.807) is 0 Å². The summed E-state index contributed by atoms with van der Waals surface area (Å²) < 4.78 is 0. The van der Waals surface area contributed by atoms with Crippen molar-refractivity contribution >= 4 is 0 Å². The number of likely N-dealkylation sites (tertiary alicyclic amines) is 1. The number of rotatable bonds is 4.